The van der Waals surface area contributed by atoms with Crippen molar-refractivity contribution in [3.05, 3.63) is 48.3 Å². The van der Waals surface area contributed by atoms with E-state index < -0.39 is 21.1 Å². The van der Waals surface area contributed by atoms with Gasteiger partial charge in [0.05, 0.1) is 28.4 Å². The van der Waals surface area contributed by atoms with E-state index in [-0.39, 0.29) is 5.75 Å². The van der Waals surface area contributed by atoms with Crippen molar-refractivity contribution in [2.75, 3.05) is 5.75 Å². The number of sulfone groups is 1. The fraction of sp³-hybridized carbons (Fsp3) is 0.400. The first-order chi connectivity index (χ1) is 10.1. The molecule has 2 heterocycles. The molecule has 2 atom stereocenters. The minimum absolute atomic E-state index is 0.241. The summed E-state index contributed by atoms with van der Waals surface area (Å²) in [6.07, 6.45) is 3.95. The third kappa shape index (κ3) is 2.73. The lowest BCUT2D eigenvalue weighted by molar-refractivity contribution is 0.495. The van der Waals surface area contributed by atoms with Crippen LogP contribution in [0.4, 0.5) is 0 Å². The molecule has 112 valence electrons. The second-order valence-electron chi connectivity index (χ2n) is 5.43. The normalized spacial score (nSPS) is 22.8. The Labute approximate surface area is 124 Å². The molecule has 2 unspecified atom stereocenters. The van der Waals surface area contributed by atoms with Crippen LogP contribution in [0.25, 0.3) is 5.69 Å². The molecule has 1 aromatic heterocycles. The average molecular weight is 305 g/mol. The molecule has 1 aliphatic rings. The van der Waals surface area contributed by atoms with Gasteiger partial charge in [-0.2, -0.15) is 5.10 Å². The van der Waals surface area contributed by atoms with Crippen molar-refractivity contribution < 1.29 is 8.42 Å². The van der Waals surface area contributed by atoms with E-state index in [1.807, 2.05) is 36.4 Å². The molecular weight excluding hydrogens is 286 g/mol. The molecule has 0 saturated carbocycles. The Morgan fingerprint density at radius 1 is 1.19 bits per heavy atom. The van der Waals surface area contributed by atoms with Crippen molar-refractivity contribution in [3.63, 3.8) is 0 Å². The molecule has 1 fully saturated rings. The predicted molar refractivity (Wildman–Crippen MR) is 81.9 cm³/mol. The smallest absolute Gasteiger partial charge is 0.155 e. The number of rotatable bonds is 3. The van der Waals surface area contributed by atoms with Crippen molar-refractivity contribution in [2.45, 2.75) is 30.6 Å². The van der Waals surface area contributed by atoms with Crippen molar-refractivity contribution in [1.29, 1.82) is 0 Å². The van der Waals surface area contributed by atoms with Crippen LogP contribution in [0.15, 0.2) is 42.6 Å². The molecule has 3 rings (SSSR count). The highest BCUT2D eigenvalue weighted by Crippen LogP contribution is 2.29. The largest absolute Gasteiger partial charge is 0.322 e. The lowest BCUT2D eigenvalue weighted by Gasteiger charge is -2.27. The summed E-state index contributed by atoms with van der Waals surface area (Å²) >= 11 is 0. The first-order valence-corrected chi connectivity index (χ1v) is 8.87. The van der Waals surface area contributed by atoms with Crippen LogP contribution in [0.1, 0.15) is 31.0 Å². The molecule has 0 bridgehead atoms. The summed E-state index contributed by atoms with van der Waals surface area (Å²) in [5.41, 5.74) is 7.92. The Morgan fingerprint density at radius 2 is 1.95 bits per heavy atom. The SMILES string of the molecule is NC(c1ccnn1-c1ccccc1)C1CCCCS1(=O)=O. The topological polar surface area (TPSA) is 78.0 Å². The molecule has 2 aromatic rings. The highest BCUT2D eigenvalue weighted by atomic mass is 32.2. The Hall–Kier alpha value is -1.66. The molecular formula is C15H19N3O2S. The average Bonchev–Trinajstić information content (AvgIpc) is 2.96. The highest BCUT2D eigenvalue weighted by molar-refractivity contribution is 7.92. The van der Waals surface area contributed by atoms with Gasteiger partial charge in [0.1, 0.15) is 0 Å². The standard InChI is InChI=1S/C15H19N3O2S/c16-15(14-8-4-5-11-21(14,19)20)13-9-10-17-18(13)12-6-2-1-3-7-12/h1-3,6-7,9-10,14-15H,4-5,8,11,16H2. The summed E-state index contributed by atoms with van der Waals surface area (Å²) in [6, 6.07) is 10.9. The first-order valence-electron chi connectivity index (χ1n) is 7.16. The number of nitrogens with zero attached hydrogens (tertiary/aromatic N) is 2. The molecule has 6 heteroatoms. The zero-order chi connectivity index (χ0) is 14.9. The molecule has 21 heavy (non-hydrogen) atoms. The summed E-state index contributed by atoms with van der Waals surface area (Å²) in [5, 5.41) is 3.78. The molecule has 2 N–H and O–H groups in total. The minimum Gasteiger partial charge on any atom is -0.322 e. The van der Waals surface area contributed by atoms with Crippen LogP contribution >= 0.6 is 0 Å². The van der Waals surface area contributed by atoms with E-state index in [0.717, 1.165) is 24.2 Å². The quantitative estimate of drug-likeness (QED) is 0.938. The number of nitrogens with two attached hydrogens (primary N) is 1. The van der Waals surface area contributed by atoms with E-state index in [4.69, 9.17) is 5.73 Å². The van der Waals surface area contributed by atoms with Crippen molar-refractivity contribution in [2.24, 2.45) is 5.73 Å². The molecule has 1 aromatic carbocycles. The Balaban J connectivity index is 1.96. The minimum atomic E-state index is -3.11. The van der Waals surface area contributed by atoms with Gasteiger partial charge in [0.15, 0.2) is 9.84 Å². The number of para-hydroxylation sites is 1. The van der Waals surface area contributed by atoms with Crippen LogP contribution < -0.4 is 5.73 Å². The summed E-state index contributed by atoms with van der Waals surface area (Å²) in [5.74, 6) is 0.241. The molecule has 0 spiro atoms. The van der Waals surface area contributed by atoms with Gasteiger partial charge in [-0.25, -0.2) is 13.1 Å². The van der Waals surface area contributed by atoms with Gasteiger partial charge in [-0.15, -0.1) is 0 Å². The Morgan fingerprint density at radius 3 is 2.67 bits per heavy atom. The Kier molecular flexibility index (Phi) is 3.82. The van der Waals surface area contributed by atoms with E-state index in [1.54, 1.807) is 10.9 Å². The van der Waals surface area contributed by atoms with Crippen LogP contribution in [0.3, 0.4) is 0 Å². The lowest BCUT2D eigenvalue weighted by Crippen LogP contribution is -2.38. The lowest BCUT2D eigenvalue weighted by atomic mass is 10.0. The third-order valence-electron chi connectivity index (χ3n) is 4.04. The number of hydrogen-bond donors (Lipinski definition) is 1. The van der Waals surface area contributed by atoms with E-state index in [0.29, 0.717) is 6.42 Å². The van der Waals surface area contributed by atoms with Gasteiger partial charge >= 0.3 is 0 Å². The monoisotopic (exact) mass is 305 g/mol. The molecule has 0 amide bonds. The number of benzene rings is 1. The van der Waals surface area contributed by atoms with Crippen LogP contribution in [-0.2, 0) is 9.84 Å². The fourth-order valence-electron chi connectivity index (χ4n) is 2.92. The molecule has 0 radical (unpaired) electrons. The van der Waals surface area contributed by atoms with E-state index in [2.05, 4.69) is 5.10 Å². The van der Waals surface area contributed by atoms with Crippen molar-refractivity contribution in [3.8, 4) is 5.69 Å². The van der Waals surface area contributed by atoms with Crippen molar-refractivity contribution >= 4 is 9.84 Å². The van der Waals surface area contributed by atoms with Gasteiger partial charge in [0.25, 0.3) is 0 Å². The maximum absolute atomic E-state index is 12.3. The predicted octanol–water partition coefficient (Wildman–Crippen LogP) is 1.84. The van der Waals surface area contributed by atoms with Crippen LogP contribution in [0.2, 0.25) is 0 Å². The zero-order valence-electron chi connectivity index (χ0n) is 11.7. The van der Waals surface area contributed by atoms with Crippen molar-refractivity contribution in [1.82, 2.24) is 9.78 Å². The van der Waals surface area contributed by atoms with Crippen LogP contribution in [0.5, 0.6) is 0 Å². The number of aromatic nitrogens is 2. The highest BCUT2D eigenvalue weighted by Gasteiger charge is 2.35. The molecule has 1 aliphatic heterocycles. The van der Waals surface area contributed by atoms with Gasteiger partial charge < -0.3 is 5.73 Å². The summed E-state index contributed by atoms with van der Waals surface area (Å²) in [7, 11) is -3.11. The summed E-state index contributed by atoms with van der Waals surface area (Å²) < 4.78 is 26.2. The second kappa shape index (κ2) is 5.61. The maximum Gasteiger partial charge on any atom is 0.155 e. The second-order valence-corrected chi connectivity index (χ2v) is 7.77. The van der Waals surface area contributed by atoms with Crippen LogP contribution in [0, 0.1) is 0 Å². The van der Waals surface area contributed by atoms with Gasteiger partial charge in [-0.1, -0.05) is 24.6 Å². The Bertz CT molecular complexity index is 710. The molecule has 0 aliphatic carbocycles. The molecule has 5 nitrogen and oxygen atoms in total. The van der Waals surface area contributed by atoms with Gasteiger partial charge in [-0.3, -0.25) is 0 Å². The maximum atomic E-state index is 12.3. The molecule has 1 saturated heterocycles. The first kappa shape index (κ1) is 14.3. The summed E-state index contributed by atoms with van der Waals surface area (Å²) in [6.45, 7) is 0. The number of hydrogen-bond acceptors (Lipinski definition) is 4. The van der Waals surface area contributed by atoms with E-state index in [9.17, 15) is 8.42 Å². The summed E-state index contributed by atoms with van der Waals surface area (Å²) in [4.78, 5) is 0. The van der Waals surface area contributed by atoms with E-state index >= 15 is 0 Å². The van der Waals surface area contributed by atoms with Gasteiger partial charge in [0.2, 0.25) is 0 Å². The van der Waals surface area contributed by atoms with Crippen LogP contribution in [-0.4, -0.2) is 29.2 Å². The van der Waals surface area contributed by atoms with E-state index in [1.165, 1.54) is 0 Å². The van der Waals surface area contributed by atoms with Gasteiger partial charge in [0, 0.05) is 6.20 Å². The fourth-order valence-corrected chi connectivity index (χ4v) is 4.95. The zero-order valence-corrected chi connectivity index (χ0v) is 12.5. The third-order valence-corrected chi connectivity index (χ3v) is 6.35. The van der Waals surface area contributed by atoms with Gasteiger partial charge in [-0.05, 0) is 31.0 Å².